The van der Waals surface area contributed by atoms with E-state index >= 15 is 0 Å². The number of carbonyl (C=O) groups is 1. The van der Waals surface area contributed by atoms with Gasteiger partial charge in [0.2, 0.25) is 5.91 Å². The van der Waals surface area contributed by atoms with Crippen LogP contribution in [0.2, 0.25) is 0 Å². The average Bonchev–Trinajstić information content (AvgIpc) is 3.51. The van der Waals surface area contributed by atoms with E-state index in [4.69, 9.17) is 4.99 Å². The van der Waals surface area contributed by atoms with Crippen LogP contribution in [-0.4, -0.2) is 31.5 Å². The second kappa shape index (κ2) is 8.27. The Balaban J connectivity index is 1.45. The second-order valence-electron chi connectivity index (χ2n) is 8.21. The van der Waals surface area contributed by atoms with Crippen molar-refractivity contribution in [3.63, 3.8) is 0 Å². The maximum absolute atomic E-state index is 12.1. The average molecular weight is 391 g/mol. The Morgan fingerprint density at radius 3 is 2.66 bits per heavy atom. The van der Waals surface area contributed by atoms with Gasteiger partial charge in [-0.05, 0) is 49.4 Å². The third-order valence-electron chi connectivity index (χ3n) is 6.08. The molecule has 1 amide bonds. The molecule has 2 aliphatic rings. The zero-order valence-electron chi connectivity index (χ0n) is 17.3. The van der Waals surface area contributed by atoms with Crippen molar-refractivity contribution >= 4 is 17.6 Å². The van der Waals surface area contributed by atoms with Crippen molar-refractivity contribution in [1.82, 2.24) is 10.6 Å². The summed E-state index contributed by atoms with van der Waals surface area (Å²) in [5.74, 6) is 1.06. The summed E-state index contributed by atoms with van der Waals surface area (Å²) in [4.78, 5) is 17.0. The summed E-state index contributed by atoms with van der Waals surface area (Å²) in [6, 6.07) is 16.7. The molecule has 0 saturated heterocycles. The molecule has 0 spiro atoms. The molecule has 2 aromatic carbocycles. The molecule has 4 rings (SSSR count). The first kappa shape index (κ1) is 19.5. The predicted molar refractivity (Wildman–Crippen MR) is 119 cm³/mol. The van der Waals surface area contributed by atoms with Gasteiger partial charge in [-0.3, -0.25) is 9.79 Å². The zero-order valence-corrected chi connectivity index (χ0v) is 17.3. The van der Waals surface area contributed by atoms with Gasteiger partial charge in [0.1, 0.15) is 0 Å². The normalized spacial score (nSPS) is 19.9. The van der Waals surface area contributed by atoms with Crippen molar-refractivity contribution in [2.24, 2.45) is 4.99 Å². The number of aryl methyl sites for hydroxylation is 1. The number of nitrogens with zero attached hydrogens (tertiary/aromatic N) is 1. The minimum Gasteiger partial charge on any atom is -0.357 e. The maximum atomic E-state index is 12.1. The summed E-state index contributed by atoms with van der Waals surface area (Å²) < 4.78 is 0. The Morgan fingerprint density at radius 1 is 1.14 bits per heavy atom. The summed E-state index contributed by atoms with van der Waals surface area (Å²) in [7, 11) is 0. The van der Waals surface area contributed by atoms with Crippen LogP contribution in [0.15, 0.2) is 53.5 Å². The Hall–Kier alpha value is -2.82. The van der Waals surface area contributed by atoms with Crippen LogP contribution in [0.4, 0.5) is 5.69 Å². The molecule has 1 unspecified atom stereocenters. The van der Waals surface area contributed by atoms with Crippen molar-refractivity contribution in [2.75, 3.05) is 25.0 Å². The number of hydrogen-bond acceptors (Lipinski definition) is 2. The van der Waals surface area contributed by atoms with Gasteiger partial charge in [0.05, 0.1) is 6.54 Å². The summed E-state index contributed by atoms with van der Waals surface area (Å²) >= 11 is 0. The predicted octanol–water partition coefficient (Wildman–Crippen LogP) is 3.71. The highest BCUT2D eigenvalue weighted by Crippen LogP contribution is 2.49. The molecule has 1 aliphatic carbocycles. The van der Waals surface area contributed by atoms with Gasteiger partial charge in [0, 0.05) is 36.5 Å². The van der Waals surface area contributed by atoms with Gasteiger partial charge in [-0.15, -0.1) is 0 Å². The fraction of sp³-hybridized carbons (Fsp3) is 0.417. The third kappa shape index (κ3) is 4.29. The molecule has 29 heavy (non-hydrogen) atoms. The fourth-order valence-electron chi connectivity index (χ4n) is 4.31. The lowest BCUT2D eigenvalue weighted by Gasteiger charge is -2.26. The number of anilines is 1. The molecule has 0 aromatic heterocycles. The van der Waals surface area contributed by atoms with Crippen molar-refractivity contribution in [3.05, 3.63) is 65.2 Å². The second-order valence-corrected chi connectivity index (χ2v) is 8.21. The van der Waals surface area contributed by atoms with Crippen LogP contribution in [0.5, 0.6) is 0 Å². The molecule has 1 atom stereocenters. The monoisotopic (exact) mass is 390 g/mol. The van der Waals surface area contributed by atoms with Gasteiger partial charge in [0.15, 0.2) is 5.96 Å². The Labute approximate surface area is 173 Å². The first-order valence-corrected chi connectivity index (χ1v) is 10.6. The highest BCUT2D eigenvalue weighted by Gasteiger charge is 2.44. The highest BCUT2D eigenvalue weighted by molar-refractivity contribution is 5.94. The fourth-order valence-corrected chi connectivity index (χ4v) is 4.31. The minimum absolute atomic E-state index is 0.0777. The van der Waals surface area contributed by atoms with Crippen LogP contribution in [-0.2, 0) is 10.2 Å². The standard InChI is InChI=1S/C24H30N4O/c1-3-25-23(27-16-24(12-13-24)20-10-6-4-8-17(20)2)26-15-18-14-22(29)28-21-11-7-5-9-19(18)21/h4-11,18H,3,12-16H2,1-2H3,(H,28,29)(H2,25,26,27). The smallest absolute Gasteiger partial charge is 0.225 e. The van der Waals surface area contributed by atoms with E-state index in [1.807, 2.05) is 18.2 Å². The van der Waals surface area contributed by atoms with Crippen LogP contribution in [0.1, 0.15) is 48.8 Å². The molecule has 5 heteroatoms. The maximum Gasteiger partial charge on any atom is 0.225 e. The van der Waals surface area contributed by atoms with E-state index in [-0.39, 0.29) is 17.2 Å². The van der Waals surface area contributed by atoms with E-state index < -0.39 is 0 Å². The summed E-state index contributed by atoms with van der Waals surface area (Å²) in [6.45, 7) is 6.55. The number of rotatable bonds is 6. The molecule has 1 saturated carbocycles. The van der Waals surface area contributed by atoms with E-state index in [0.717, 1.165) is 24.7 Å². The first-order chi connectivity index (χ1) is 14.1. The number of nitrogens with one attached hydrogen (secondary N) is 3. The molecule has 152 valence electrons. The molecule has 1 heterocycles. The molecular weight excluding hydrogens is 360 g/mol. The number of carbonyl (C=O) groups excluding carboxylic acids is 1. The first-order valence-electron chi connectivity index (χ1n) is 10.6. The number of fused-ring (bicyclic) bond motifs is 1. The van der Waals surface area contributed by atoms with E-state index in [1.54, 1.807) is 0 Å². The third-order valence-corrected chi connectivity index (χ3v) is 6.08. The van der Waals surface area contributed by atoms with Crippen LogP contribution >= 0.6 is 0 Å². The Bertz CT molecular complexity index is 917. The number of guanidine groups is 1. The molecule has 5 nitrogen and oxygen atoms in total. The van der Waals surface area contributed by atoms with Gasteiger partial charge >= 0.3 is 0 Å². The van der Waals surface area contributed by atoms with Crippen molar-refractivity contribution in [1.29, 1.82) is 0 Å². The minimum atomic E-state index is 0.0777. The topological polar surface area (TPSA) is 65.5 Å². The van der Waals surface area contributed by atoms with Crippen molar-refractivity contribution < 1.29 is 4.79 Å². The van der Waals surface area contributed by atoms with Crippen LogP contribution in [0.3, 0.4) is 0 Å². The van der Waals surface area contributed by atoms with Gasteiger partial charge in [-0.1, -0.05) is 42.5 Å². The number of aliphatic imine (C=N–C) groups is 1. The SMILES string of the molecule is CCNC(=NCC1(c2ccccc2C)CC1)NCC1CC(=O)Nc2ccccc21. The number of para-hydroxylation sites is 1. The quantitative estimate of drug-likeness (QED) is 0.520. The number of hydrogen-bond donors (Lipinski definition) is 3. The van der Waals surface area contributed by atoms with E-state index in [0.29, 0.717) is 13.0 Å². The van der Waals surface area contributed by atoms with Crippen molar-refractivity contribution in [3.8, 4) is 0 Å². The summed E-state index contributed by atoms with van der Waals surface area (Å²) in [6.07, 6.45) is 2.88. The lowest BCUT2D eigenvalue weighted by molar-refractivity contribution is -0.116. The van der Waals surface area contributed by atoms with Gasteiger partial charge < -0.3 is 16.0 Å². The van der Waals surface area contributed by atoms with Crippen LogP contribution in [0.25, 0.3) is 0 Å². The van der Waals surface area contributed by atoms with Gasteiger partial charge in [-0.2, -0.15) is 0 Å². The Kier molecular flexibility index (Phi) is 5.56. The van der Waals surface area contributed by atoms with E-state index in [9.17, 15) is 4.79 Å². The largest absolute Gasteiger partial charge is 0.357 e. The van der Waals surface area contributed by atoms with Crippen LogP contribution < -0.4 is 16.0 Å². The van der Waals surface area contributed by atoms with Crippen molar-refractivity contribution in [2.45, 2.75) is 44.4 Å². The van der Waals surface area contributed by atoms with Crippen LogP contribution in [0, 0.1) is 6.92 Å². The molecule has 0 bridgehead atoms. The molecule has 2 aromatic rings. The van der Waals surface area contributed by atoms with E-state index in [2.05, 4.69) is 60.1 Å². The number of benzene rings is 2. The Morgan fingerprint density at radius 2 is 1.90 bits per heavy atom. The lowest BCUT2D eigenvalue weighted by Crippen LogP contribution is -2.41. The lowest BCUT2D eigenvalue weighted by atomic mass is 9.90. The van der Waals surface area contributed by atoms with Gasteiger partial charge in [0.25, 0.3) is 0 Å². The summed E-state index contributed by atoms with van der Waals surface area (Å²) in [5.41, 5.74) is 5.08. The molecule has 1 fully saturated rings. The molecule has 0 radical (unpaired) electrons. The van der Waals surface area contributed by atoms with Gasteiger partial charge in [-0.25, -0.2) is 0 Å². The molecule has 1 aliphatic heterocycles. The highest BCUT2D eigenvalue weighted by atomic mass is 16.1. The molecule has 3 N–H and O–H groups in total. The summed E-state index contributed by atoms with van der Waals surface area (Å²) in [5, 5.41) is 9.81. The number of amides is 1. The zero-order chi connectivity index (χ0) is 20.3. The van der Waals surface area contributed by atoms with E-state index in [1.165, 1.54) is 29.5 Å². The molecular formula is C24H30N4O.